The molecular formula is C32H29BF4N4. The third kappa shape index (κ3) is 5.94. The van der Waals surface area contributed by atoms with Crippen molar-refractivity contribution in [3.63, 3.8) is 0 Å². The van der Waals surface area contributed by atoms with Crippen molar-refractivity contribution in [2.24, 2.45) is 4.99 Å². The number of aromatic amines is 1. The summed E-state index contributed by atoms with van der Waals surface area (Å²) in [5, 5.41) is 4.93. The Labute approximate surface area is 236 Å². The maximum absolute atomic E-state index is 9.75. The Bertz CT molecular complexity index is 1770. The number of nitrogens with one attached hydrogen (secondary N) is 3. The monoisotopic (exact) mass is 556 g/mol. The van der Waals surface area contributed by atoms with Gasteiger partial charge in [0.05, 0.1) is 22.6 Å². The first kappa shape index (κ1) is 27.9. The molecule has 3 N–H and O–H groups in total. The van der Waals surface area contributed by atoms with Crippen LogP contribution >= 0.6 is 0 Å². The summed E-state index contributed by atoms with van der Waals surface area (Å²) in [5.74, 6) is 0. The van der Waals surface area contributed by atoms with E-state index in [-0.39, 0.29) is 0 Å². The zero-order valence-corrected chi connectivity index (χ0v) is 23.1. The molecule has 5 aromatic rings. The molecule has 0 amide bonds. The van der Waals surface area contributed by atoms with Crippen LogP contribution in [0.3, 0.4) is 0 Å². The van der Waals surface area contributed by atoms with Crippen LogP contribution in [0.2, 0.25) is 0 Å². The summed E-state index contributed by atoms with van der Waals surface area (Å²) in [6.45, 7) is 8.58. The van der Waals surface area contributed by atoms with E-state index in [1.807, 2.05) is 6.07 Å². The number of hydrogen-bond acceptors (Lipinski definition) is 2. The molecule has 1 aliphatic heterocycles. The topological polar surface area (TPSA) is 54.1 Å². The highest BCUT2D eigenvalue weighted by Crippen LogP contribution is 2.36. The average molecular weight is 556 g/mol. The summed E-state index contributed by atoms with van der Waals surface area (Å²) in [6.07, 6.45) is 0. The zero-order valence-electron chi connectivity index (χ0n) is 23.1. The minimum atomic E-state index is -6.00. The molecule has 0 fully saturated rings. The van der Waals surface area contributed by atoms with Gasteiger partial charge >= 0.3 is 7.25 Å². The first-order valence-electron chi connectivity index (χ1n) is 13.2. The molecule has 0 spiro atoms. The molecule has 0 bridgehead atoms. The fourth-order valence-electron chi connectivity index (χ4n) is 5.12. The second kappa shape index (κ2) is 11.1. The molecule has 1 aliphatic rings. The first-order chi connectivity index (χ1) is 19.5. The molecule has 4 nitrogen and oxygen atoms in total. The Morgan fingerprint density at radius 2 is 1.24 bits per heavy atom. The van der Waals surface area contributed by atoms with Crippen LogP contribution in [-0.2, 0) is 0 Å². The van der Waals surface area contributed by atoms with Gasteiger partial charge in [0.25, 0.3) is 0 Å². The summed E-state index contributed by atoms with van der Waals surface area (Å²) in [6, 6.07) is 29.5. The molecule has 0 aliphatic carbocycles. The molecular weight excluding hydrogens is 527 g/mol. The molecule has 1 aromatic heterocycles. The third-order valence-corrected chi connectivity index (χ3v) is 7.05. The molecule has 208 valence electrons. The largest absolute Gasteiger partial charge is 0.673 e. The van der Waals surface area contributed by atoms with Crippen molar-refractivity contribution >= 4 is 52.3 Å². The van der Waals surface area contributed by atoms with E-state index in [1.54, 1.807) is 0 Å². The molecule has 0 radical (unpaired) electrons. The lowest BCUT2D eigenvalue weighted by molar-refractivity contribution is -0.351. The second-order valence-electron chi connectivity index (χ2n) is 10.1. The number of hydrogen-bond donors (Lipinski definition) is 3. The highest BCUT2D eigenvalue weighted by atomic mass is 19.5. The fraction of sp³-hybridized carbons (Fsp3) is 0.125. The van der Waals surface area contributed by atoms with E-state index >= 15 is 0 Å². The number of benzene rings is 4. The minimum Gasteiger partial charge on any atom is -0.418 e. The lowest BCUT2D eigenvalue weighted by Crippen LogP contribution is -2.69. The van der Waals surface area contributed by atoms with E-state index in [0.29, 0.717) is 0 Å². The average Bonchev–Trinajstić information content (AvgIpc) is 3.45. The number of rotatable bonds is 4. The summed E-state index contributed by atoms with van der Waals surface area (Å²) in [4.78, 5) is 12.6. The lowest BCUT2D eigenvalue weighted by Gasteiger charge is -2.14. The van der Waals surface area contributed by atoms with Crippen LogP contribution in [0.5, 0.6) is 0 Å². The second-order valence-corrected chi connectivity index (χ2v) is 10.1. The van der Waals surface area contributed by atoms with E-state index in [4.69, 9.17) is 4.99 Å². The van der Waals surface area contributed by atoms with Crippen LogP contribution in [0, 0.1) is 27.7 Å². The van der Waals surface area contributed by atoms with Gasteiger partial charge in [-0.15, -0.1) is 0 Å². The van der Waals surface area contributed by atoms with Crippen molar-refractivity contribution in [3.05, 3.63) is 118 Å². The van der Waals surface area contributed by atoms with Gasteiger partial charge in [0.1, 0.15) is 0 Å². The minimum absolute atomic E-state index is 0.906. The molecule has 0 unspecified atom stereocenters. The Hall–Kier alpha value is -4.66. The number of halogens is 4. The molecule has 0 saturated carbocycles. The van der Waals surface area contributed by atoms with Crippen molar-refractivity contribution in [2.45, 2.75) is 27.7 Å². The van der Waals surface area contributed by atoms with Crippen molar-refractivity contribution < 1.29 is 22.3 Å². The molecule has 41 heavy (non-hydrogen) atoms. The van der Waals surface area contributed by atoms with E-state index in [2.05, 4.69) is 122 Å². The highest BCUT2D eigenvalue weighted by Gasteiger charge is 2.33. The Kier molecular flexibility index (Phi) is 7.54. The van der Waals surface area contributed by atoms with Crippen LogP contribution in [0.25, 0.3) is 10.9 Å². The van der Waals surface area contributed by atoms with E-state index < -0.39 is 7.25 Å². The van der Waals surface area contributed by atoms with Crippen LogP contribution < -0.4 is 10.3 Å². The summed E-state index contributed by atoms with van der Waals surface area (Å²) in [5.41, 5.74) is 14.2. The number of fused-ring (bicyclic) bond motifs is 2. The third-order valence-electron chi connectivity index (χ3n) is 7.05. The maximum Gasteiger partial charge on any atom is 0.673 e. The van der Waals surface area contributed by atoms with Gasteiger partial charge in [0.2, 0.25) is 11.4 Å². The van der Waals surface area contributed by atoms with Gasteiger partial charge in [-0.3, -0.25) is 0 Å². The molecule has 4 aromatic carbocycles. The zero-order chi connectivity index (χ0) is 29.3. The van der Waals surface area contributed by atoms with Crippen LogP contribution in [0.1, 0.15) is 33.5 Å². The van der Waals surface area contributed by atoms with Gasteiger partial charge in [-0.2, -0.15) is 0 Å². The summed E-state index contributed by atoms with van der Waals surface area (Å²) >= 11 is 0. The quantitative estimate of drug-likeness (QED) is 0.154. The van der Waals surface area contributed by atoms with Gasteiger partial charge in [0, 0.05) is 27.7 Å². The summed E-state index contributed by atoms with van der Waals surface area (Å²) in [7, 11) is -6.00. The van der Waals surface area contributed by atoms with Gasteiger partial charge in [-0.25, -0.2) is 9.98 Å². The molecule has 2 heterocycles. The fourth-order valence-corrected chi connectivity index (χ4v) is 5.12. The number of aryl methyl sites for hydroxylation is 4. The highest BCUT2D eigenvalue weighted by molar-refractivity contribution is 6.56. The van der Waals surface area contributed by atoms with Crippen molar-refractivity contribution in [3.8, 4) is 0 Å². The van der Waals surface area contributed by atoms with Gasteiger partial charge in [0.15, 0.2) is 5.71 Å². The van der Waals surface area contributed by atoms with Crippen molar-refractivity contribution in [1.82, 2.24) is 4.98 Å². The number of aromatic nitrogens is 1. The molecule has 0 saturated heterocycles. The lowest BCUT2D eigenvalue weighted by atomic mass is 10.0. The number of anilines is 2. The number of nitrogens with zero attached hydrogens (tertiary/aromatic N) is 1. The van der Waals surface area contributed by atoms with Gasteiger partial charge < -0.3 is 27.6 Å². The smallest absolute Gasteiger partial charge is 0.418 e. The number of aliphatic imine (C=N–C) groups is 1. The van der Waals surface area contributed by atoms with Gasteiger partial charge in [-0.1, -0.05) is 66.7 Å². The van der Waals surface area contributed by atoms with E-state index in [0.717, 1.165) is 56.3 Å². The van der Waals surface area contributed by atoms with E-state index in [1.165, 1.54) is 22.3 Å². The van der Waals surface area contributed by atoms with Gasteiger partial charge in [-0.05, 0) is 57.0 Å². The first-order valence-corrected chi connectivity index (χ1v) is 13.2. The number of para-hydroxylation sites is 4. The molecule has 0 atom stereocenters. The Morgan fingerprint density at radius 1 is 0.683 bits per heavy atom. The van der Waals surface area contributed by atoms with E-state index in [9.17, 15) is 17.3 Å². The Balaban J connectivity index is 0.000000623. The standard InChI is InChI=1S/C32H28N4.BF4/c1-19-11-9-12-20(2)27(19)35-29-23-15-5-7-17-25(23)33-31(29)32-30(24-16-6-8-18-26(24)34-32)36-28-21(3)13-10-14-22(28)4;2-1(3,4)5/h5-18,33,35H,1-4H3;/q;-1/p+1. The van der Waals surface area contributed by atoms with Crippen LogP contribution in [-0.4, -0.2) is 23.7 Å². The maximum atomic E-state index is 9.75. The van der Waals surface area contributed by atoms with Crippen LogP contribution in [0.15, 0.2) is 89.9 Å². The summed E-state index contributed by atoms with van der Waals surface area (Å²) < 4.78 is 39.0. The van der Waals surface area contributed by atoms with Crippen LogP contribution in [0.4, 0.5) is 40.0 Å². The van der Waals surface area contributed by atoms with Crippen molar-refractivity contribution in [2.75, 3.05) is 5.32 Å². The molecule has 9 heteroatoms. The SMILES string of the molecule is Cc1cccc(C)c1Nc1c(C2=Nc3ccccc3C2=[NH+]c2c(C)cccc2C)[nH]c2ccccc12.F[B-](F)(F)F. The predicted molar refractivity (Wildman–Crippen MR) is 161 cm³/mol. The number of H-pyrrole nitrogens is 1. The van der Waals surface area contributed by atoms with Crippen molar-refractivity contribution in [1.29, 1.82) is 0 Å². The normalized spacial score (nSPS) is 13.6. The molecule has 6 rings (SSSR count). The Morgan fingerprint density at radius 3 is 1.90 bits per heavy atom. The predicted octanol–water partition coefficient (Wildman–Crippen LogP) is 7.78.